The first-order valence-corrected chi connectivity index (χ1v) is 6.57. The summed E-state index contributed by atoms with van der Waals surface area (Å²) >= 11 is 0. The highest BCUT2D eigenvalue weighted by Crippen LogP contribution is 2.04. The molecule has 0 unspecified atom stereocenters. The first kappa shape index (κ1) is 14.7. The number of carbonyl (C=O) groups is 2. The van der Waals surface area contributed by atoms with E-state index in [0.717, 1.165) is 5.56 Å². The Morgan fingerprint density at radius 1 is 1.29 bits per heavy atom. The largest absolute Gasteiger partial charge is 0.465 e. The Hall–Kier alpha value is -2.70. The van der Waals surface area contributed by atoms with Gasteiger partial charge in [0.25, 0.3) is 0 Å². The molecular formula is C14H16N4O3. The molecule has 110 valence electrons. The summed E-state index contributed by atoms with van der Waals surface area (Å²) in [6.45, 7) is 2.01. The van der Waals surface area contributed by atoms with Gasteiger partial charge in [-0.2, -0.15) is 0 Å². The number of carbonyl (C=O) groups excluding carboxylic acids is 2. The zero-order chi connectivity index (χ0) is 15.1. The van der Waals surface area contributed by atoms with Crippen LogP contribution in [-0.2, 0) is 27.3 Å². The number of benzene rings is 1. The molecule has 0 saturated heterocycles. The van der Waals surface area contributed by atoms with Crippen molar-refractivity contribution in [3.63, 3.8) is 0 Å². The molecule has 2 aromatic rings. The molecule has 0 aliphatic rings. The molecule has 21 heavy (non-hydrogen) atoms. The molecule has 0 spiro atoms. The number of amides is 1. The van der Waals surface area contributed by atoms with E-state index in [2.05, 4.69) is 15.6 Å². The minimum atomic E-state index is -0.399. The van der Waals surface area contributed by atoms with Crippen molar-refractivity contribution in [1.82, 2.24) is 15.0 Å². The maximum Gasteiger partial charge on any atom is 0.327 e. The van der Waals surface area contributed by atoms with Crippen LogP contribution in [-0.4, -0.2) is 33.5 Å². The van der Waals surface area contributed by atoms with Crippen molar-refractivity contribution in [3.05, 3.63) is 42.1 Å². The minimum Gasteiger partial charge on any atom is -0.465 e. The smallest absolute Gasteiger partial charge is 0.327 e. The van der Waals surface area contributed by atoms with Gasteiger partial charge in [0.05, 0.1) is 19.2 Å². The number of nitrogens with one attached hydrogen (secondary N) is 1. The van der Waals surface area contributed by atoms with Gasteiger partial charge in [0.2, 0.25) is 5.91 Å². The van der Waals surface area contributed by atoms with E-state index >= 15 is 0 Å². The molecule has 1 N–H and O–H groups in total. The summed E-state index contributed by atoms with van der Waals surface area (Å²) in [5.74, 6) is -0.283. The van der Waals surface area contributed by atoms with E-state index in [-0.39, 0.29) is 18.9 Å². The minimum absolute atomic E-state index is 0.0323. The normalized spacial score (nSPS) is 10.1. The van der Waals surface area contributed by atoms with Crippen LogP contribution >= 0.6 is 0 Å². The van der Waals surface area contributed by atoms with Crippen molar-refractivity contribution in [3.8, 4) is 0 Å². The molecule has 7 heteroatoms. The molecule has 0 radical (unpaired) electrons. The highest BCUT2D eigenvalue weighted by molar-refractivity contribution is 5.91. The average Bonchev–Trinajstić information content (AvgIpc) is 2.87. The molecule has 0 aliphatic heterocycles. The lowest BCUT2D eigenvalue weighted by Crippen LogP contribution is -2.15. The topological polar surface area (TPSA) is 86.1 Å². The fourth-order valence-corrected chi connectivity index (χ4v) is 1.74. The van der Waals surface area contributed by atoms with Crippen LogP contribution in [0.5, 0.6) is 0 Å². The monoisotopic (exact) mass is 288 g/mol. The zero-order valence-corrected chi connectivity index (χ0v) is 11.7. The first-order chi connectivity index (χ1) is 10.2. The van der Waals surface area contributed by atoms with Crippen LogP contribution in [0.1, 0.15) is 12.5 Å². The van der Waals surface area contributed by atoms with E-state index in [1.165, 1.54) is 10.9 Å². The summed E-state index contributed by atoms with van der Waals surface area (Å²) in [4.78, 5) is 23.1. The average molecular weight is 288 g/mol. The SMILES string of the molecule is CCOC(=O)Cn1cc(NC(=O)Cc2ccccc2)nn1. The summed E-state index contributed by atoms with van der Waals surface area (Å²) in [7, 11) is 0. The zero-order valence-electron chi connectivity index (χ0n) is 11.7. The molecule has 0 fully saturated rings. The van der Waals surface area contributed by atoms with Crippen molar-refractivity contribution in [1.29, 1.82) is 0 Å². The standard InChI is InChI=1S/C14H16N4O3/c1-2-21-14(20)10-18-9-12(16-17-18)15-13(19)8-11-6-4-3-5-7-11/h3-7,9H,2,8,10H2,1H3,(H,15,19). The third kappa shape index (κ3) is 4.72. The second-order valence-corrected chi connectivity index (χ2v) is 4.32. The van der Waals surface area contributed by atoms with Crippen molar-refractivity contribution in [2.45, 2.75) is 19.9 Å². The molecule has 0 bridgehead atoms. The predicted molar refractivity (Wildman–Crippen MR) is 75.4 cm³/mol. The van der Waals surface area contributed by atoms with Gasteiger partial charge in [0.15, 0.2) is 5.82 Å². The summed E-state index contributed by atoms with van der Waals surface area (Å²) in [6, 6.07) is 9.38. The van der Waals surface area contributed by atoms with Gasteiger partial charge in [-0.25, -0.2) is 4.68 Å². The lowest BCUT2D eigenvalue weighted by atomic mass is 10.1. The first-order valence-electron chi connectivity index (χ1n) is 6.57. The Labute approximate surface area is 121 Å². The Morgan fingerprint density at radius 3 is 2.76 bits per heavy atom. The van der Waals surface area contributed by atoms with Gasteiger partial charge < -0.3 is 10.1 Å². The molecule has 0 aliphatic carbocycles. The fraction of sp³-hybridized carbons (Fsp3) is 0.286. The number of hydrogen-bond acceptors (Lipinski definition) is 5. The second-order valence-electron chi connectivity index (χ2n) is 4.32. The molecule has 0 saturated carbocycles. The van der Waals surface area contributed by atoms with Crippen LogP contribution in [0.15, 0.2) is 36.5 Å². The molecule has 1 amide bonds. The van der Waals surface area contributed by atoms with Crippen LogP contribution in [0.3, 0.4) is 0 Å². The van der Waals surface area contributed by atoms with Crippen molar-refractivity contribution < 1.29 is 14.3 Å². The van der Waals surface area contributed by atoms with E-state index < -0.39 is 5.97 Å². The summed E-state index contributed by atoms with van der Waals surface area (Å²) in [5.41, 5.74) is 0.911. The number of anilines is 1. The Bertz CT molecular complexity index is 610. The summed E-state index contributed by atoms with van der Waals surface area (Å²) in [6.07, 6.45) is 1.74. The van der Waals surface area contributed by atoms with E-state index in [1.807, 2.05) is 30.3 Å². The van der Waals surface area contributed by atoms with Crippen LogP contribution in [0, 0.1) is 0 Å². The molecule has 7 nitrogen and oxygen atoms in total. The van der Waals surface area contributed by atoms with Gasteiger partial charge in [-0.05, 0) is 12.5 Å². The quantitative estimate of drug-likeness (QED) is 0.802. The molecule has 1 aromatic heterocycles. The number of aromatic nitrogens is 3. The van der Waals surface area contributed by atoms with Crippen LogP contribution in [0.2, 0.25) is 0 Å². The summed E-state index contributed by atoms with van der Waals surface area (Å²) < 4.78 is 6.12. The summed E-state index contributed by atoms with van der Waals surface area (Å²) in [5, 5.41) is 10.2. The molecule has 2 rings (SSSR count). The molecular weight excluding hydrogens is 272 g/mol. The number of esters is 1. The van der Waals surface area contributed by atoms with E-state index in [0.29, 0.717) is 12.4 Å². The highest BCUT2D eigenvalue weighted by Gasteiger charge is 2.09. The maximum absolute atomic E-state index is 11.8. The number of nitrogens with zero attached hydrogens (tertiary/aromatic N) is 3. The van der Waals surface area contributed by atoms with E-state index in [4.69, 9.17) is 4.74 Å². The third-order valence-corrected chi connectivity index (χ3v) is 2.61. The Kier molecular flexibility index (Phi) is 5.03. The molecule has 0 atom stereocenters. The van der Waals surface area contributed by atoms with E-state index in [1.54, 1.807) is 6.92 Å². The van der Waals surface area contributed by atoms with Crippen LogP contribution < -0.4 is 5.32 Å². The second kappa shape index (κ2) is 7.18. The number of rotatable bonds is 6. The fourth-order valence-electron chi connectivity index (χ4n) is 1.74. The van der Waals surface area contributed by atoms with Gasteiger partial charge in [-0.1, -0.05) is 35.5 Å². The van der Waals surface area contributed by atoms with Crippen LogP contribution in [0.25, 0.3) is 0 Å². The molecule has 1 aromatic carbocycles. The van der Waals surface area contributed by atoms with Crippen LogP contribution in [0.4, 0.5) is 5.82 Å². The van der Waals surface area contributed by atoms with Gasteiger partial charge in [0, 0.05) is 0 Å². The van der Waals surface area contributed by atoms with E-state index in [9.17, 15) is 9.59 Å². The van der Waals surface area contributed by atoms with Crippen molar-refractivity contribution in [2.75, 3.05) is 11.9 Å². The number of ether oxygens (including phenoxy) is 1. The van der Waals surface area contributed by atoms with Gasteiger partial charge in [-0.3, -0.25) is 9.59 Å². The van der Waals surface area contributed by atoms with Crippen molar-refractivity contribution >= 4 is 17.7 Å². The van der Waals surface area contributed by atoms with Gasteiger partial charge in [-0.15, -0.1) is 5.10 Å². The van der Waals surface area contributed by atoms with Crippen molar-refractivity contribution in [2.24, 2.45) is 0 Å². The Morgan fingerprint density at radius 2 is 2.05 bits per heavy atom. The van der Waals surface area contributed by atoms with Gasteiger partial charge in [0.1, 0.15) is 6.54 Å². The maximum atomic E-state index is 11.8. The Balaban J connectivity index is 1.87. The highest BCUT2D eigenvalue weighted by atomic mass is 16.5. The van der Waals surface area contributed by atoms with Gasteiger partial charge >= 0.3 is 5.97 Å². The third-order valence-electron chi connectivity index (χ3n) is 2.61. The predicted octanol–water partition coefficient (Wildman–Crippen LogP) is 1.02. The number of hydrogen-bond donors (Lipinski definition) is 1. The lowest BCUT2D eigenvalue weighted by molar-refractivity contribution is -0.144. The lowest BCUT2D eigenvalue weighted by Gasteiger charge is -2.01. The molecule has 1 heterocycles.